The third-order valence-electron chi connectivity index (χ3n) is 1.61. The molecule has 1 atom stereocenters. The summed E-state index contributed by atoms with van der Waals surface area (Å²) in [6.45, 7) is 0. The molecule has 1 aromatic carbocycles. The summed E-state index contributed by atoms with van der Waals surface area (Å²) in [6.07, 6.45) is 1.05. The van der Waals surface area contributed by atoms with Crippen molar-refractivity contribution in [3.63, 3.8) is 0 Å². The topological polar surface area (TPSA) is 9.23 Å². The van der Waals surface area contributed by atoms with E-state index in [1.165, 1.54) is 5.56 Å². The van der Waals surface area contributed by atoms with Gasteiger partial charge in [-0.25, -0.2) is 0 Å². The summed E-state index contributed by atoms with van der Waals surface area (Å²) >= 11 is 2.31. The molecule has 2 rings (SSSR count). The molecule has 0 fully saturated rings. The van der Waals surface area contributed by atoms with Gasteiger partial charge in [0.1, 0.15) is 5.75 Å². The van der Waals surface area contributed by atoms with Crippen LogP contribution in [0.4, 0.5) is 0 Å². The maximum Gasteiger partial charge on any atom is 0.153 e. The van der Waals surface area contributed by atoms with Gasteiger partial charge in [0.25, 0.3) is 0 Å². The van der Waals surface area contributed by atoms with Gasteiger partial charge in [-0.2, -0.15) is 0 Å². The maximum atomic E-state index is 5.49. The van der Waals surface area contributed by atoms with E-state index in [-0.39, 0.29) is 0 Å². The molecule has 0 unspecified atom stereocenters. The standard InChI is InChI=1S/C8H7IO/c9-8-5-6-3-1-2-4-7(6)10-8/h1-4,8H,5H2/t8-/m1/s1. The van der Waals surface area contributed by atoms with Crippen molar-refractivity contribution in [1.29, 1.82) is 0 Å². The van der Waals surface area contributed by atoms with Gasteiger partial charge in [-0.15, -0.1) is 0 Å². The molecule has 0 spiro atoms. The fraction of sp³-hybridized carbons (Fsp3) is 0.250. The van der Waals surface area contributed by atoms with Crippen molar-refractivity contribution in [3.05, 3.63) is 29.8 Å². The number of ether oxygens (including phenoxy) is 1. The number of fused-ring (bicyclic) bond motifs is 1. The van der Waals surface area contributed by atoms with Crippen LogP contribution in [0.3, 0.4) is 0 Å². The average molecular weight is 246 g/mol. The molecular formula is C8H7IO. The molecule has 10 heavy (non-hydrogen) atoms. The van der Waals surface area contributed by atoms with E-state index in [2.05, 4.69) is 34.7 Å². The Bertz CT molecular complexity index is 222. The lowest BCUT2D eigenvalue weighted by Crippen LogP contribution is -2.00. The molecule has 0 aliphatic carbocycles. The van der Waals surface area contributed by atoms with Crippen LogP contribution in [0.25, 0.3) is 0 Å². The SMILES string of the molecule is I[C@H]1Cc2ccccc2O1. The van der Waals surface area contributed by atoms with Gasteiger partial charge >= 0.3 is 0 Å². The molecule has 0 amide bonds. The van der Waals surface area contributed by atoms with Gasteiger partial charge in [-0.05, 0) is 34.2 Å². The summed E-state index contributed by atoms with van der Waals surface area (Å²) in [6, 6.07) is 8.20. The van der Waals surface area contributed by atoms with Gasteiger partial charge in [0, 0.05) is 6.42 Å². The first-order valence-corrected chi connectivity index (χ1v) is 4.49. The Balaban J connectivity index is 2.42. The molecule has 1 heterocycles. The highest BCUT2D eigenvalue weighted by Crippen LogP contribution is 2.30. The molecule has 0 bridgehead atoms. The summed E-state index contributed by atoms with van der Waals surface area (Å²) in [7, 11) is 0. The van der Waals surface area contributed by atoms with Gasteiger partial charge in [0.05, 0.1) is 0 Å². The van der Waals surface area contributed by atoms with Crippen molar-refractivity contribution in [2.45, 2.75) is 10.5 Å². The molecule has 1 aromatic rings. The first-order valence-electron chi connectivity index (χ1n) is 3.25. The maximum absolute atomic E-state index is 5.49. The third-order valence-corrected chi connectivity index (χ3v) is 2.30. The normalized spacial score (nSPS) is 21.9. The summed E-state index contributed by atoms with van der Waals surface area (Å²) in [5.74, 6) is 1.06. The number of alkyl halides is 1. The van der Waals surface area contributed by atoms with Crippen molar-refractivity contribution in [2.24, 2.45) is 0 Å². The summed E-state index contributed by atoms with van der Waals surface area (Å²) < 4.78 is 5.84. The van der Waals surface area contributed by atoms with Crippen LogP contribution in [-0.4, -0.2) is 4.11 Å². The summed E-state index contributed by atoms with van der Waals surface area (Å²) in [4.78, 5) is 0. The Morgan fingerprint density at radius 1 is 1.40 bits per heavy atom. The van der Waals surface area contributed by atoms with Crippen molar-refractivity contribution < 1.29 is 4.74 Å². The number of rotatable bonds is 0. The van der Waals surface area contributed by atoms with Crippen molar-refractivity contribution in [2.75, 3.05) is 0 Å². The summed E-state index contributed by atoms with van der Waals surface area (Å²) in [5.41, 5.74) is 1.34. The van der Waals surface area contributed by atoms with E-state index in [1.54, 1.807) is 0 Å². The molecule has 0 N–H and O–H groups in total. The van der Waals surface area contributed by atoms with E-state index < -0.39 is 0 Å². The van der Waals surface area contributed by atoms with Crippen LogP contribution in [0.15, 0.2) is 24.3 Å². The van der Waals surface area contributed by atoms with E-state index in [9.17, 15) is 0 Å². The lowest BCUT2D eigenvalue weighted by Gasteiger charge is -1.98. The van der Waals surface area contributed by atoms with E-state index in [0.717, 1.165) is 12.2 Å². The highest BCUT2D eigenvalue weighted by atomic mass is 127. The van der Waals surface area contributed by atoms with Crippen LogP contribution >= 0.6 is 22.6 Å². The number of para-hydroxylation sites is 1. The van der Waals surface area contributed by atoms with E-state index in [1.807, 2.05) is 12.1 Å². The predicted octanol–water partition coefficient (Wildman–Crippen LogP) is 2.38. The lowest BCUT2D eigenvalue weighted by atomic mass is 10.2. The Kier molecular flexibility index (Phi) is 1.56. The second kappa shape index (κ2) is 2.42. The molecule has 0 saturated carbocycles. The van der Waals surface area contributed by atoms with Crippen LogP contribution in [0.2, 0.25) is 0 Å². The van der Waals surface area contributed by atoms with Crippen molar-refractivity contribution in [1.82, 2.24) is 0 Å². The zero-order valence-corrected chi connectivity index (χ0v) is 7.54. The molecule has 2 heteroatoms. The monoisotopic (exact) mass is 246 g/mol. The van der Waals surface area contributed by atoms with Gasteiger partial charge in [-0.1, -0.05) is 18.2 Å². The largest absolute Gasteiger partial charge is 0.480 e. The van der Waals surface area contributed by atoms with Crippen LogP contribution in [0.1, 0.15) is 5.56 Å². The van der Waals surface area contributed by atoms with Crippen molar-refractivity contribution in [3.8, 4) is 5.75 Å². The minimum atomic E-state index is 0.343. The fourth-order valence-corrected chi connectivity index (χ4v) is 1.89. The van der Waals surface area contributed by atoms with Crippen LogP contribution in [0, 0.1) is 0 Å². The Morgan fingerprint density at radius 3 is 3.00 bits per heavy atom. The Morgan fingerprint density at radius 2 is 2.20 bits per heavy atom. The van der Waals surface area contributed by atoms with E-state index in [4.69, 9.17) is 4.74 Å². The minimum Gasteiger partial charge on any atom is -0.480 e. The van der Waals surface area contributed by atoms with Crippen LogP contribution < -0.4 is 4.74 Å². The first kappa shape index (κ1) is 6.46. The molecule has 1 aliphatic rings. The number of benzene rings is 1. The number of halogens is 1. The van der Waals surface area contributed by atoms with E-state index >= 15 is 0 Å². The van der Waals surface area contributed by atoms with Crippen LogP contribution in [0.5, 0.6) is 5.75 Å². The molecule has 1 aliphatic heterocycles. The van der Waals surface area contributed by atoms with Gasteiger partial charge in [-0.3, -0.25) is 0 Å². The van der Waals surface area contributed by atoms with Crippen molar-refractivity contribution >= 4 is 22.6 Å². The quantitative estimate of drug-likeness (QED) is 0.504. The lowest BCUT2D eigenvalue weighted by molar-refractivity contribution is 0.338. The van der Waals surface area contributed by atoms with Crippen LogP contribution in [-0.2, 0) is 6.42 Å². The molecule has 52 valence electrons. The molecule has 0 saturated heterocycles. The number of hydrogen-bond donors (Lipinski definition) is 0. The Hall–Kier alpha value is -0.250. The highest BCUT2D eigenvalue weighted by molar-refractivity contribution is 14.1. The number of hydrogen-bond acceptors (Lipinski definition) is 1. The predicted molar refractivity (Wildman–Crippen MR) is 48.6 cm³/mol. The van der Waals surface area contributed by atoms with Gasteiger partial charge < -0.3 is 4.74 Å². The molecular weight excluding hydrogens is 239 g/mol. The zero-order valence-electron chi connectivity index (χ0n) is 5.38. The van der Waals surface area contributed by atoms with E-state index in [0.29, 0.717) is 4.11 Å². The second-order valence-electron chi connectivity index (χ2n) is 2.34. The zero-order chi connectivity index (χ0) is 6.97. The smallest absolute Gasteiger partial charge is 0.153 e. The Labute approximate surface area is 73.5 Å². The minimum absolute atomic E-state index is 0.343. The molecule has 0 aromatic heterocycles. The second-order valence-corrected chi connectivity index (χ2v) is 3.73. The average Bonchev–Trinajstić information content (AvgIpc) is 2.27. The molecule has 1 nitrogen and oxygen atoms in total. The fourth-order valence-electron chi connectivity index (χ4n) is 1.14. The van der Waals surface area contributed by atoms with Gasteiger partial charge in [0.15, 0.2) is 4.11 Å². The van der Waals surface area contributed by atoms with Gasteiger partial charge in [0.2, 0.25) is 0 Å². The summed E-state index contributed by atoms with van der Waals surface area (Å²) in [5, 5.41) is 0. The highest BCUT2D eigenvalue weighted by Gasteiger charge is 2.18. The third kappa shape index (κ3) is 1.00. The molecule has 0 radical (unpaired) electrons. The first-order chi connectivity index (χ1) is 4.86.